The van der Waals surface area contributed by atoms with Crippen molar-refractivity contribution in [2.45, 2.75) is 19.4 Å². The molecule has 1 saturated carbocycles. The topological polar surface area (TPSA) is 53.5 Å². The molecule has 1 aliphatic carbocycles. The van der Waals surface area contributed by atoms with Gasteiger partial charge in [-0.2, -0.15) is 4.98 Å². The van der Waals surface area contributed by atoms with E-state index in [1.807, 2.05) is 0 Å². The smallest absolute Gasteiger partial charge is 0.226 e. The Labute approximate surface area is 155 Å². The van der Waals surface area contributed by atoms with E-state index in [9.17, 15) is 0 Å². The molecule has 0 radical (unpaired) electrons. The Balaban J connectivity index is 1.28. The summed E-state index contributed by atoms with van der Waals surface area (Å²) < 4.78 is 5.12. The molecule has 1 aromatic heterocycles. The maximum Gasteiger partial charge on any atom is 0.226 e. The SMILES string of the molecule is COc1ccnc(NCc2ccc(N3CCN(CC4CC4)CC3)cc2)n1. The Morgan fingerprint density at radius 2 is 1.85 bits per heavy atom. The van der Waals surface area contributed by atoms with Gasteiger partial charge in [0.25, 0.3) is 0 Å². The molecule has 0 atom stereocenters. The number of nitrogens with zero attached hydrogens (tertiary/aromatic N) is 4. The predicted octanol–water partition coefficient (Wildman–Crippen LogP) is 2.63. The molecule has 1 aromatic carbocycles. The monoisotopic (exact) mass is 353 g/mol. The summed E-state index contributed by atoms with van der Waals surface area (Å²) in [5.74, 6) is 2.14. The number of anilines is 2. The number of piperazine rings is 1. The Morgan fingerprint density at radius 3 is 2.54 bits per heavy atom. The highest BCUT2D eigenvalue weighted by molar-refractivity contribution is 5.48. The molecule has 4 rings (SSSR count). The van der Waals surface area contributed by atoms with Gasteiger partial charge in [-0.25, -0.2) is 4.98 Å². The normalized spacial score (nSPS) is 18.0. The highest BCUT2D eigenvalue weighted by atomic mass is 16.5. The van der Waals surface area contributed by atoms with E-state index < -0.39 is 0 Å². The number of aromatic nitrogens is 2. The molecule has 6 nitrogen and oxygen atoms in total. The average Bonchev–Trinajstić information content (AvgIpc) is 3.52. The van der Waals surface area contributed by atoms with E-state index in [4.69, 9.17) is 4.74 Å². The average molecular weight is 353 g/mol. The lowest BCUT2D eigenvalue weighted by Crippen LogP contribution is -2.47. The van der Waals surface area contributed by atoms with Gasteiger partial charge in [0.15, 0.2) is 0 Å². The summed E-state index contributed by atoms with van der Waals surface area (Å²) in [5.41, 5.74) is 2.53. The van der Waals surface area contributed by atoms with Crippen molar-refractivity contribution >= 4 is 11.6 Å². The molecule has 1 aliphatic heterocycles. The van der Waals surface area contributed by atoms with Gasteiger partial charge in [0.05, 0.1) is 7.11 Å². The fraction of sp³-hybridized carbons (Fsp3) is 0.500. The molecule has 2 aromatic rings. The summed E-state index contributed by atoms with van der Waals surface area (Å²) >= 11 is 0. The van der Waals surface area contributed by atoms with Crippen molar-refractivity contribution in [2.75, 3.05) is 50.1 Å². The fourth-order valence-electron chi connectivity index (χ4n) is 3.40. The van der Waals surface area contributed by atoms with Crippen LogP contribution in [0.4, 0.5) is 11.6 Å². The summed E-state index contributed by atoms with van der Waals surface area (Å²) in [6.07, 6.45) is 4.58. The van der Waals surface area contributed by atoms with Crippen LogP contribution < -0.4 is 15.0 Å². The molecular formula is C20H27N5O. The van der Waals surface area contributed by atoms with Crippen molar-refractivity contribution in [1.29, 1.82) is 0 Å². The number of benzene rings is 1. The van der Waals surface area contributed by atoms with Gasteiger partial charge in [0, 0.05) is 57.2 Å². The molecule has 26 heavy (non-hydrogen) atoms. The largest absolute Gasteiger partial charge is 0.481 e. The van der Waals surface area contributed by atoms with Crippen LogP contribution in [0.3, 0.4) is 0 Å². The highest BCUT2D eigenvalue weighted by Crippen LogP contribution is 2.30. The second-order valence-electron chi connectivity index (χ2n) is 7.17. The lowest BCUT2D eigenvalue weighted by Gasteiger charge is -2.36. The summed E-state index contributed by atoms with van der Waals surface area (Å²) in [6.45, 7) is 6.64. The van der Waals surface area contributed by atoms with E-state index in [0.29, 0.717) is 18.4 Å². The molecule has 6 heteroatoms. The van der Waals surface area contributed by atoms with E-state index in [-0.39, 0.29) is 0 Å². The van der Waals surface area contributed by atoms with E-state index in [1.165, 1.54) is 43.7 Å². The molecule has 2 heterocycles. The van der Waals surface area contributed by atoms with Gasteiger partial charge in [-0.3, -0.25) is 4.90 Å². The summed E-state index contributed by atoms with van der Waals surface area (Å²) in [5, 5.41) is 3.24. The standard InChI is InChI=1S/C20H27N5O/c1-26-19-8-9-21-20(23-19)22-14-16-4-6-18(7-5-16)25-12-10-24(11-13-25)15-17-2-3-17/h4-9,17H,2-3,10-15H2,1H3,(H,21,22,23). The van der Waals surface area contributed by atoms with Crippen LogP contribution in [0.5, 0.6) is 5.88 Å². The third-order valence-corrected chi connectivity index (χ3v) is 5.18. The third kappa shape index (κ3) is 4.43. The Kier molecular flexibility index (Phi) is 5.20. The minimum Gasteiger partial charge on any atom is -0.481 e. The summed E-state index contributed by atoms with van der Waals surface area (Å²) in [6, 6.07) is 10.5. The van der Waals surface area contributed by atoms with Crippen molar-refractivity contribution < 1.29 is 4.74 Å². The fourth-order valence-corrected chi connectivity index (χ4v) is 3.40. The number of methoxy groups -OCH3 is 1. The van der Waals surface area contributed by atoms with Crippen LogP contribution in [-0.4, -0.2) is 54.7 Å². The summed E-state index contributed by atoms with van der Waals surface area (Å²) in [4.78, 5) is 13.6. The van der Waals surface area contributed by atoms with Crippen LogP contribution in [0.1, 0.15) is 18.4 Å². The molecule has 1 N–H and O–H groups in total. The quantitative estimate of drug-likeness (QED) is 0.826. The zero-order valence-corrected chi connectivity index (χ0v) is 15.4. The van der Waals surface area contributed by atoms with Crippen LogP contribution in [0.15, 0.2) is 36.5 Å². The Hall–Kier alpha value is -2.34. The first kappa shape index (κ1) is 17.1. The number of nitrogens with one attached hydrogen (secondary N) is 1. The second-order valence-corrected chi connectivity index (χ2v) is 7.17. The Morgan fingerprint density at radius 1 is 1.08 bits per heavy atom. The van der Waals surface area contributed by atoms with E-state index in [0.717, 1.165) is 19.0 Å². The molecule has 138 valence electrons. The zero-order valence-electron chi connectivity index (χ0n) is 15.4. The van der Waals surface area contributed by atoms with Crippen LogP contribution in [0.2, 0.25) is 0 Å². The highest BCUT2D eigenvalue weighted by Gasteiger charge is 2.26. The molecule has 1 saturated heterocycles. The van der Waals surface area contributed by atoms with E-state index in [1.54, 1.807) is 19.4 Å². The van der Waals surface area contributed by atoms with Gasteiger partial charge in [0.1, 0.15) is 0 Å². The van der Waals surface area contributed by atoms with Crippen molar-refractivity contribution in [3.8, 4) is 5.88 Å². The maximum absolute atomic E-state index is 5.12. The minimum atomic E-state index is 0.568. The number of hydrogen-bond acceptors (Lipinski definition) is 6. The van der Waals surface area contributed by atoms with E-state index in [2.05, 4.69) is 49.4 Å². The van der Waals surface area contributed by atoms with Gasteiger partial charge in [0.2, 0.25) is 11.8 Å². The first-order valence-corrected chi connectivity index (χ1v) is 9.47. The lowest BCUT2D eigenvalue weighted by atomic mass is 10.1. The van der Waals surface area contributed by atoms with Crippen molar-refractivity contribution in [3.05, 3.63) is 42.1 Å². The molecule has 2 fully saturated rings. The number of ether oxygens (including phenoxy) is 1. The first-order valence-electron chi connectivity index (χ1n) is 9.47. The van der Waals surface area contributed by atoms with Crippen molar-refractivity contribution in [1.82, 2.24) is 14.9 Å². The molecule has 0 spiro atoms. The molecule has 0 bridgehead atoms. The zero-order chi connectivity index (χ0) is 17.8. The summed E-state index contributed by atoms with van der Waals surface area (Å²) in [7, 11) is 1.61. The first-order chi connectivity index (χ1) is 12.8. The predicted molar refractivity (Wildman–Crippen MR) is 104 cm³/mol. The third-order valence-electron chi connectivity index (χ3n) is 5.18. The number of rotatable bonds is 7. The van der Waals surface area contributed by atoms with Gasteiger partial charge in [-0.05, 0) is 36.5 Å². The van der Waals surface area contributed by atoms with Crippen LogP contribution in [-0.2, 0) is 6.54 Å². The Bertz CT molecular complexity index is 708. The van der Waals surface area contributed by atoms with Gasteiger partial charge < -0.3 is 15.0 Å². The molecule has 0 amide bonds. The second kappa shape index (κ2) is 7.91. The van der Waals surface area contributed by atoms with Gasteiger partial charge in [-0.1, -0.05) is 12.1 Å². The van der Waals surface area contributed by atoms with Gasteiger partial charge in [-0.15, -0.1) is 0 Å². The van der Waals surface area contributed by atoms with Crippen molar-refractivity contribution in [2.24, 2.45) is 5.92 Å². The van der Waals surface area contributed by atoms with Crippen LogP contribution in [0.25, 0.3) is 0 Å². The van der Waals surface area contributed by atoms with Crippen molar-refractivity contribution in [3.63, 3.8) is 0 Å². The number of hydrogen-bond donors (Lipinski definition) is 1. The molecule has 0 unspecified atom stereocenters. The van der Waals surface area contributed by atoms with Crippen LogP contribution >= 0.6 is 0 Å². The van der Waals surface area contributed by atoms with E-state index >= 15 is 0 Å². The lowest BCUT2D eigenvalue weighted by molar-refractivity contribution is 0.248. The molecular weight excluding hydrogens is 326 g/mol. The van der Waals surface area contributed by atoms with Gasteiger partial charge >= 0.3 is 0 Å². The molecule has 2 aliphatic rings. The van der Waals surface area contributed by atoms with Crippen LogP contribution in [0, 0.1) is 5.92 Å². The maximum atomic E-state index is 5.12. The minimum absolute atomic E-state index is 0.568.